The molecule has 1 N–H and O–H groups in total. The third-order valence-corrected chi connectivity index (χ3v) is 2.57. The van der Waals surface area contributed by atoms with Crippen molar-refractivity contribution in [1.82, 2.24) is 4.90 Å². The number of hydrogen-bond donors (Lipinski definition) is 1. The molecule has 5 heteroatoms. The second-order valence-electron chi connectivity index (χ2n) is 4.51. The van der Waals surface area contributed by atoms with Gasteiger partial charge in [-0.05, 0) is 26.1 Å². The summed E-state index contributed by atoms with van der Waals surface area (Å²) in [6, 6.07) is 9.34. The molecule has 0 saturated carbocycles. The SMILES string of the molecule is COc1cccc(NC(=O)CN(C)CC(C)C#N)c1. The number of benzene rings is 1. The third-order valence-electron chi connectivity index (χ3n) is 2.57. The number of carbonyl (C=O) groups is 1. The van der Waals surface area contributed by atoms with Crippen molar-refractivity contribution in [2.45, 2.75) is 6.92 Å². The number of nitrogens with zero attached hydrogens (tertiary/aromatic N) is 2. The molecule has 5 nitrogen and oxygen atoms in total. The maximum atomic E-state index is 11.8. The van der Waals surface area contributed by atoms with Crippen LogP contribution in [0.5, 0.6) is 5.75 Å². The lowest BCUT2D eigenvalue weighted by Crippen LogP contribution is -2.32. The largest absolute Gasteiger partial charge is 0.497 e. The van der Waals surface area contributed by atoms with E-state index in [1.165, 1.54) is 0 Å². The first-order chi connectivity index (χ1) is 9.05. The third kappa shape index (κ3) is 5.40. The molecule has 1 unspecified atom stereocenters. The summed E-state index contributed by atoms with van der Waals surface area (Å²) in [5.41, 5.74) is 0.700. The number of ether oxygens (including phenoxy) is 1. The van der Waals surface area contributed by atoms with E-state index in [2.05, 4.69) is 11.4 Å². The molecule has 0 bridgehead atoms. The van der Waals surface area contributed by atoms with E-state index in [0.29, 0.717) is 18.0 Å². The summed E-state index contributed by atoms with van der Waals surface area (Å²) < 4.78 is 5.09. The van der Waals surface area contributed by atoms with E-state index in [1.54, 1.807) is 19.2 Å². The fourth-order valence-electron chi connectivity index (χ4n) is 1.72. The van der Waals surface area contributed by atoms with Gasteiger partial charge in [0, 0.05) is 18.3 Å². The Morgan fingerprint density at radius 1 is 1.58 bits per heavy atom. The second kappa shape index (κ2) is 7.39. The number of amides is 1. The Morgan fingerprint density at radius 2 is 2.32 bits per heavy atom. The number of anilines is 1. The smallest absolute Gasteiger partial charge is 0.238 e. The molecular formula is C14H19N3O2. The quantitative estimate of drug-likeness (QED) is 0.847. The van der Waals surface area contributed by atoms with Crippen molar-refractivity contribution in [3.8, 4) is 11.8 Å². The van der Waals surface area contributed by atoms with Crippen molar-refractivity contribution in [3.63, 3.8) is 0 Å². The molecule has 1 rings (SSSR count). The van der Waals surface area contributed by atoms with E-state index in [1.807, 2.05) is 31.0 Å². The summed E-state index contributed by atoms with van der Waals surface area (Å²) in [4.78, 5) is 13.6. The van der Waals surface area contributed by atoms with Crippen LogP contribution in [0.4, 0.5) is 5.69 Å². The normalized spacial score (nSPS) is 11.7. The summed E-state index contributed by atoms with van der Waals surface area (Å²) in [7, 11) is 3.40. The van der Waals surface area contributed by atoms with Crippen molar-refractivity contribution in [1.29, 1.82) is 5.26 Å². The molecule has 0 saturated heterocycles. The molecule has 1 aromatic rings. The molecule has 0 aliphatic carbocycles. The van der Waals surface area contributed by atoms with Gasteiger partial charge in [-0.15, -0.1) is 0 Å². The van der Waals surface area contributed by atoms with Crippen LogP contribution in [0.1, 0.15) is 6.92 Å². The van der Waals surface area contributed by atoms with Crippen LogP contribution in [0.25, 0.3) is 0 Å². The highest BCUT2D eigenvalue weighted by Crippen LogP contribution is 2.16. The van der Waals surface area contributed by atoms with Gasteiger partial charge in [-0.1, -0.05) is 6.07 Å². The predicted molar refractivity (Wildman–Crippen MR) is 73.9 cm³/mol. The Balaban J connectivity index is 2.48. The number of hydrogen-bond acceptors (Lipinski definition) is 4. The molecule has 0 aliphatic heterocycles. The summed E-state index contributed by atoms with van der Waals surface area (Å²) in [6.45, 7) is 2.65. The van der Waals surface area contributed by atoms with Crippen LogP contribution in [0, 0.1) is 17.2 Å². The van der Waals surface area contributed by atoms with Crippen LogP contribution in [-0.4, -0.2) is 38.1 Å². The van der Waals surface area contributed by atoms with Crippen molar-refractivity contribution in [2.24, 2.45) is 5.92 Å². The minimum Gasteiger partial charge on any atom is -0.497 e. The molecule has 0 radical (unpaired) electrons. The molecule has 1 aromatic carbocycles. The van der Waals surface area contributed by atoms with Crippen molar-refractivity contribution < 1.29 is 9.53 Å². The zero-order valence-corrected chi connectivity index (χ0v) is 11.5. The first-order valence-electron chi connectivity index (χ1n) is 6.07. The van der Waals surface area contributed by atoms with Crippen molar-refractivity contribution >= 4 is 11.6 Å². The van der Waals surface area contributed by atoms with E-state index in [-0.39, 0.29) is 18.4 Å². The van der Waals surface area contributed by atoms with Crippen LogP contribution in [0.15, 0.2) is 24.3 Å². The molecule has 0 aliphatic rings. The molecule has 0 heterocycles. The molecule has 0 aromatic heterocycles. The minimum absolute atomic E-state index is 0.0883. The molecule has 19 heavy (non-hydrogen) atoms. The maximum absolute atomic E-state index is 11.8. The van der Waals surface area contributed by atoms with Gasteiger partial charge in [0.25, 0.3) is 0 Å². The lowest BCUT2D eigenvalue weighted by atomic mass is 10.2. The fraction of sp³-hybridized carbons (Fsp3) is 0.429. The second-order valence-corrected chi connectivity index (χ2v) is 4.51. The van der Waals surface area contributed by atoms with E-state index in [0.717, 1.165) is 0 Å². The Labute approximate surface area is 113 Å². The fourth-order valence-corrected chi connectivity index (χ4v) is 1.72. The number of nitriles is 1. The molecule has 0 spiro atoms. The Bertz CT molecular complexity index is 468. The van der Waals surface area contributed by atoms with E-state index in [4.69, 9.17) is 10.00 Å². The summed E-state index contributed by atoms with van der Waals surface area (Å²) in [5.74, 6) is 0.500. The van der Waals surface area contributed by atoms with Gasteiger partial charge in [0.2, 0.25) is 5.91 Å². The van der Waals surface area contributed by atoms with Gasteiger partial charge in [0.05, 0.1) is 25.6 Å². The zero-order chi connectivity index (χ0) is 14.3. The van der Waals surface area contributed by atoms with Gasteiger partial charge < -0.3 is 10.1 Å². The summed E-state index contributed by atoms with van der Waals surface area (Å²) in [5, 5.41) is 11.5. The minimum atomic E-state index is -0.110. The van der Waals surface area contributed by atoms with Gasteiger partial charge >= 0.3 is 0 Å². The number of methoxy groups -OCH3 is 1. The number of rotatable bonds is 6. The van der Waals surface area contributed by atoms with Crippen molar-refractivity contribution in [3.05, 3.63) is 24.3 Å². The van der Waals surface area contributed by atoms with Gasteiger partial charge in [-0.2, -0.15) is 5.26 Å². The number of carbonyl (C=O) groups excluding carboxylic acids is 1. The molecule has 102 valence electrons. The molecule has 1 atom stereocenters. The first kappa shape index (κ1) is 15.0. The summed E-state index contributed by atoms with van der Waals surface area (Å²) >= 11 is 0. The Hall–Kier alpha value is -2.06. The Morgan fingerprint density at radius 3 is 2.95 bits per heavy atom. The van der Waals surface area contributed by atoms with Crippen LogP contribution in [0.2, 0.25) is 0 Å². The molecular weight excluding hydrogens is 242 g/mol. The lowest BCUT2D eigenvalue weighted by molar-refractivity contribution is -0.117. The maximum Gasteiger partial charge on any atom is 0.238 e. The van der Waals surface area contributed by atoms with Crippen LogP contribution in [0.3, 0.4) is 0 Å². The van der Waals surface area contributed by atoms with Crippen molar-refractivity contribution in [2.75, 3.05) is 32.6 Å². The van der Waals surface area contributed by atoms with Gasteiger partial charge in [0.15, 0.2) is 0 Å². The van der Waals surface area contributed by atoms with E-state index >= 15 is 0 Å². The first-order valence-corrected chi connectivity index (χ1v) is 6.07. The predicted octanol–water partition coefficient (Wildman–Crippen LogP) is 1.73. The van der Waals surface area contributed by atoms with Gasteiger partial charge in [-0.3, -0.25) is 9.69 Å². The standard InChI is InChI=1S/C14H19N3O2/c1-11(8-15)9-17(2)10-14(18)16-12-5-4-6-13(7-12)19-3/h4-7,11H,9-10H2,1-3H3,(H,16,18). The van der Waals surface area contributed by atoms with Crippen LogP contribution >= 0.6 is 0 Å². The summed E-state index contributed by atoms with van der Waals surface area (Å²) in [6.07, 6.45) is 0. The van der Waals surface area contributed by atoms with E-state index < -0.39 is 0 Å². The average molecular weight is 261 g/mol. The lowest BCUT2D eigenvalue weighted by Gasteiger charge is -2.17. The van der Waals surface area contributed by atoms with Gasteiger partial charge in [-0.25, -0.2) is 0 Å². The highest BCUT2D eigenvalue weighted by Gasteiger charge is 2.10. The topological polar surface area (TPSA) is 65.4 Å². The zero-order valence-electron chi connectivity index (χ0n) is 11.5. The Kier molecular flexibility index (Phi) is 5.83. The monoisotopic (exact) mass is 261 g/mol. The van der Waals surface area contributed by atoms with Gasteiger partial charge in [0.1, 0.15) is 5.75 Å². The average Bonchev–Trinajstić information content (AvgIpc) is 2.38. The van der Waals surface area contributed by atoms with Crippen LogP contribution < -0.4 is 10.1 Å². The highest BCUT2D eigenvalue weighted by atomic mass is 16.5. The van der Waals surface area contributed by atoms with Crippen LogP contribution in [-0.2, 0) is 4.79 Å². The molecule has 0 fully saturated rings. The molecule has 1 amide bonds. The highest BCUT2D eigenvalue weighted by molar-refractivity contribution is 5.92. The number of likely N-dealkylation sites (N-methyl/N-ethyl adjacent to an activating group) is 1. The number of nitrogens with one attached hydrogen (secondary N) is 1. The van der Waals surface area contributed by atoms with E-state index in [9.17, 15) is 4.79 Å².